The van der Waals surface area contributed by atoms with Gasteiger partial charge in [-0.15, -0.1) is 0 Å². The molecule has 2 nitrogen and oxygen atoms in total. The van der Waals surface area contributed by atoms with Crippen LogP contribution in [0.25, 0.3) is 0 Å². The summed E-state index contributed by atoms with van der Waals surface area (Å²) in [4.78, 5) is 2.44. The van der Waals surface area contributed by atoms with Crippen molar-refractivity contribution in [1.82, 2.24) is 0 Å². The number of nitrogens with zero attached hydrogens (tertiary/aromatic N) is 1. The van der Waals surface area contributed by atoms with Crippen molar-refractivity contribution in [3.05, 3.63) is 65.7 Å². The Morgan fingerprint density at radius 2 is 1.72 bits per heavy atom. The Morgan fingerprint density at radius 3 is 2.50 bits per heavy atom. The van der Waals surface area contributed by atoms with E-state index >= 15 is 0 Å². The third-order valence-corrected chi connectivity index (χ3v) is 3.71. The molecular formula is C16H18N2. The van der Waals surface area contributed by atoms with Gasteiger partial charge in [-0.05, 0) is 23.6 Å². The molecule has 1 heterocycles. The SMILES string of the molecule is NCC(c1ccccc1)N1CCc2ccccc21. The lowest BCUT2D eigenvalue weighted by molar-refractivity contribution is 0.649. The fourth-order valence-electron chi connectivity index (χ4n) is 2.81. The van der Waals surface area contributed by atoms with Gasteiger partial charge in [0.2, 0.25) is 0 Å². The molecule has 0 aliphatic carbocycles. The van der Waals surface area contributed by atoms with Gasteiger partial charge in [0.05, 0.1) is 6.04 Å². The van der Waals surface area contributed by atoms with Crippen LogP contribution in [0.5, 0.6) is 0 Å². The summed E-state index contributed by atoms with van der Waals surface area (Å²) in [5.41, 5.74) is 10.1. The second-order valence-electron chi connectivity index (χ2n) is 4.73. The van der Waals surface area contributed by atoms with Crippen LogP contribution in [-0.2, 0) is 6.42 Å². The maximum absolute atomic E-state index is 6.00. The van der Waals surface area contributed by atoms with E-state index < -0.39 is 0 Å². The smallest absolute Gasteiger partial charge is 0.0665 e. The van der Waals surface area contributed by atoms with Gasteiger partial charge in [0.25, 0.3) is 0 Å². The van der Waals surface area contributed by atoms with Crippen LogP contribution in [-0.4, -0.2) is 13.1 Å². The summed E-state index contributed by atoms with van der Waals surface area (Å²) >= 11 is 0. The number of hydrogen-bond acceptors (Lipinski definition) is 2. The van der Waals surface area contributed by atoms with Crippen LogP contribution in [0.15, 0.2) is 54.6 Å². The minimum Gasteiger partial charge on any atom is -0.363 e. The van der Waals surface area contributed by atoms with Crippen LogP contribution in [0.2, 0.25) is 0 Å². The summed E-state index contributed by atoms with van der Waals surface area (Å²) in [5, 5.41) is 0. The Balaban J connectivity index is 1.95. The van der Waals surface area contributed by atoms with E-state index in [-0.39, 0.29) is 6.04 Å². The molecular weight excluding hydrogens is 220 g/mol. The summed E-state index contributed by atoms with van der Waals surface area (Å²) in [6.45, 7) is 1.72. The van der Waals surface area contributed by atoms with Crippen LogP contribution in [0, 0.1) is 0 Å². The molecule has 0 radical (unpaired) electrons. The highest BCUT2D eigenvalue weighted by molar-refractivity contribution is 5.59. The molecule has 1 atom stereocenters. The van der Waals surface area contributed by atoms with E-state index in [2.05, 4.69) is 59.5 Å². The molecule has 0 bridgehead atoms. The molecule has 2 aromatic rings. The Labute approximate surface area is 108 Å². The van der Waals surface area contributed by atoms with E-state index in [0.29, 0.717) is 6.54 Å². The molecule has 0 amide bonds. The molecule has 18 heavy (non-hydrogen) atoms. The van der Waals surface area contributed by atoms with Crippen LogP contribution in [0.4, 0.5) is 5.69 Å². The first-order chi connectivity index (χ1) is 8.90. The largest absolute Gasteiger partial charge is 0.363 e. The second-order valence-corrected chi connectivity index (χ2v) is 4.73. The van der Waals surface area contributed by atoms with E-state index in [4.69, 9.17) is 5.73 Å². The molecule has 0 fully saturated rings. The number of benzene rings is 2. The van der Waals surface area contributed by atoms with Gasteiger partial charge in [-0.25, -0.2) is 0 Å². The van der Waals surface area contributed by atoms with Crippen LogP contribution in [0.3, 0.4) is 0 Å². The summed E-state index contributed by atoms with van der Waals surface area (Å²) in [5.74, 6) is 0. The van der Waals surface area contributed by atoms with E-state index in [9.17, 15) is 0 Å². The molecule has 2 aromatic carbocycles. The van der Waals surface area contributed by atoms with Crippen molar-refractivity contribution in [2.75, 3.05) is 18.0 Å². The van der Waals surface area contributed by atoms with Gasteiger partial charge >= 0.3 is 0 Å². The lowest BCUT2D eigenvalue weighted by Gasteiger charge is -2.29. The predicted octanol–water partition coefficient (Wildman–Crippen LogP) is 2.75. The third kappa shape index (κ3) is 1.89. The zero-order chi connectivity index (χ0) is 12.4. The highest BCUT2D eigenvalue weighted by Gasteiger charge is 2.25. The number of nitrogens with two attached hydrogens (primary N) is 1. The highest BCUT2D eigenvalue weighted by atomic mass is 15.2. The molecule has 1 aliphatic rings. The topological polar surface area (TPSA) is 29.3 Å². The summed E-state index contributed by atoms with van der Waals surface area (Å²) in [6, 6.07) is 19.5. The van der Waals surface area contributed by atoms with Crippen LogP contribution < -0.4 is 10.6 Å². The minimum atomic E-state index is 0.287. The van der Waals surface area contributed by atoms with E-state index in [1.807, 2.05) is 0 Å². The Morgan fingerprint density at radius 1 is 1.00 bits per heavy atom. The van der Waals surface area contributed by atoms with E-state index in [0.717, 1.165) is 13.0 Å². The fraction of sp³-hybridized carbons (Fsp3) is 0.250. The molecule has 0 spiro atoms. The van der Waals surface area contributed by atoms with Gasteiger partial charge in [-0.2, -0.15) is 0 Å². The van der Waals surface area contributed by atoms with Crippen LogP contribution >= 0.6 is 0 Å². The Bertz CT molecular complexity index is 522. The Hall–Kier alpha value is -1.80. The lowest BCUT2D eigenvalue weighted by atomic mass is 10.1. The average Bonchev–Trinajstić information content (AvgIpc) is 2.85. The molecule has 0 saturated carbocycles. The van der Waals surface area contributed by atoms with Crippen LogP contribution in [0.1, 0.15) is 17.2 Å². The molecule has 3 rings (SSSR count). The maximum atomic E-state index is 6.00. The number of para-hydroxylation sites is 1. The first kappa shape index (κ1) is 11.3. The molecule has 0 saturated heterocycles. The van der Waals surface area contributed by atoms with E-state index in [1.54, 1.807) is 0 Å². The van der Waals surface area contributed by atoms with E-state index in [1.165, 1.54) is 16.8 Å². The van der Waals surface area contributed by atoms with Gasteiger partial charge < -0.3 is 10.6 Å². The van der Waals surface area contributed by atoms with Crippen molar-refractivity contribution < 1.29 is 0 Å². The molecule has 0 aromatic heterocycles. The molecule has 1 unspecified atom stereocenters. The predicted molar refractivity (Wildman–Crippen MR) is 75.7 cm³/mol. The van der Waals surface area contributed by atoms with Gasteiger partial charge in [0, 0.05) is 18.8 Å². The molecule has 92 valence electrons. The first-order valence-corrected chi connectivity index (χ1v) is 6.49. The van der Waals surface area contributed by atoms with Crippen molar-refractivity contribution in [1.29, 1.82) is 0 Å². The molecule has 1 aliphatic heterocycles. The monoisotopic (exact) mass is 238 g/mol. The maximum Gasteiger partial charge on any atom is 0.0665 e. The zero-order valence-electron chi connectivity index (χ0n) is 10.4. The molecule has 2 N–H and O–H groups in total. The normalized spacial score (nSPS) is 15.5. The number of rotatable bonds is 3. The second kappa shape index (κ2) is 4.83. The van der Waals surface area contributed by atoms with Gasteiger partial charge in [-0.1, -0.05) is 48.5 Å². The van der Waals surface area contributed by atoms with Crippen molar-refractivity contribution in [3.8, 4) is 0 Å². The van der Waals surface area contributed by atoms with Crippen molar-refractivity contribution in [3.63, 3.8) is 0 Å². The third-order valence-electron chi connectivity index (χ3n) is 3.71. The minimum absolute atomic E-state index is 0.287. The van der Waals surface area contributed by atoms with Gasteiger partial charge in [0.15, 0.2) is 0 Å². The zero-order valence-corrected chi connectivity index (χ0v) is 10.4. The molecule has 2 heteroatoms. The quantitative estimate of drug-likeness (QED) is 0.891. The van der Waals surface area contributed by atoms with Crippen molar-refractivity contribution in [2.24, 2.45) is 5.73 Å². The van der Waals surface area contributed by atoms with Gasteiger partial charge in [-0.3, -0.25) is 0 Å². The average molecular weight is 238 g/mol. The summed E-state index contributed by atoms with van der Waals surface area (Å²) < 4.78 is 0. The summed E-state index contributed by atoms with van der Waals surface area (Å²) in [7, 11) is 0. The number of anilines is 1. The Kier molecular flexibility index (Phi) is 3.03. The first-order valence-electron chi connectivity index (χ1n) is 6.49. The summed E-state index contributed by atoms with van der Waals surface area (Å²) in [6.07, 6.45) is 1.12. The lowest BCUT2D eigenvalue weighted by Crippen LogP contribution is -2.32. The van der Waals surface area contributed by atoms with Crippen molar-refractivity contribution >= 4 is 5.69 Å². The number of fused-ring (bicyclic) bond motifs is 1. The fourth-order valence-corrected chi connectivity index (χ4v) is 2.81. The number of hydrogen-bond donors (Lipinski definition) is 1. The van der Waals surface area contributed by atoms with Gasteiger partial charge in [0.1, 0.15) is 0 Å². The van der Waals surface area contributed by atoms with Crippen molar-refractivity contribution in [2.45, 2.75) is 12.5 Å². The standard InChI is InChI=1S/C16H18N2/c17-12-16(13-6-2-1-3-7-13)18-11-10-14-8-4-5-9-15(14)18/h1-9,16H,10-12,17H2. The highest BCUT2D eigenvalue weighted by Crippen LogP contribution is 2.34.